The van der Waals surface area contributed by atoms with Crippen LogP contribution in [0, 0.1) is 0 Å². The first-order chi connectivity index (χ1) is 22.8. The molecule has 0 unspecified atom stereocenters. The molecule has 0 aliphatic carbocycles. The van der Waals surface area contributed by atoms with E-state index in [1.165, 1.54) is 11.1 Å². The fourth-order valence-electron chi connectivity index (χ4n) is 6.33. The summed E-state index contributed by atoms with van der Waals surface area (Å²) in [5, 5.41) is 4.33. The fraction of sp³-hybridized carbons (Fsp3) is 0.0526. The van der Waals surface area contributed by atoms with E-state index < -0.39 is 0 Å². The number of hydrogen-bond acceptors (Lipinski definition) is 6. The lowest BCUT2D eigenvalue weighted by molar-refractivity contribution is 1.02. The summed E-state index contributed by atoms with van der Waals surface area (Å²) in [6.07, 6.45) is 12.6. The van der Waals surface area contributed by atoms with E-state index in [0.29, 0.717) is 0 Å². The molecular weight excluding hydrogens is 568 g/mol. The van der Waals surface area contributed by atoms with Crippen molar-refractivity contribution in [2.24, 2.45) is 0 Å². The van der Waals surface area contributed by atoms with Crippen molar-refractivity contribution >= 4 is 44.1 Å². The van der Waals surface area contributed by atoms with E-state index >= 15 is 0 Å². The Hall–Kier alpha value is -6.28. The largest absolute Gasteiger partial charge is 0.276 e. The van der Waals surface area contributed by atoms with Gasteiger partial charge in [0.15, 0.2) is 0 Å². The highest BCUT2D eigenvalue weighted by Crippen LogP contribution is 2.30. The van der Waals surface area contributed by atoms with E-state index in [-0.39, 0.29) is 0 Å². The molecule has 8 heterocycles. The Labute approximate surface area is 263 Å². The van der Waals surface area contributed by atoms with Gasteiger partial charge in [-0.25, -0.2) is 19.9 Å². The maximum absolute atomic E-state index is 4.80. The van der Waals surface area contributed by atoms with E-state index in [4.69, 9.17) is 9.97 Å². The highest BCUT2D eigenvalue weighted by atomic mass is 15.1. The Balaban J connectivity index is 0.920. The van der Waals surface area contributed by atoms with Crippen molar-refractivity contribution in [1.29, 1.82) is 0 Å². The van der Waals surface area contributed by atoms with Gasteiger partial charge in [0.2, 0.25) is 0 Å². The van der Waals surface area contributed by atoms with E-state index in [1.54, 1.807) is 0 Å². The number of benzene rings is 1. The minimum Gasteiger partial charge on any atom is -0.276 e. The number of hydrogen-bond donors (Lipinski definition) is 0. The van der Waals surface area contributed by atoms with Crippen LogP contribution in [0.4, 0.5) is 0 Å². The zero-order valence-electron chi connectivity index (χ0n) is 24.7. The molecule has 0 aliphatic rings. The van der Waals surface area contributed by atoms with Crippen molar-refractivity contribution in [2.75, 3.05) is 0 Å². The van der Waals surface area contributed by atoms with Gasteiger partial charge in [-0.2, -0.15) is 0 Å². The molecule has 46 heavy (non-hydrogen) atoms. The lowest BCUT2D eigenvalue weighted by atomic mass is 10.0. The van der Waals surface area contributed by atoms with Gasteiger partial charge < -0.3 is 0 Å². The summed E-state index contributed by atoms with van der Waals surface area (Å²) in [6.45, 7) is 0. The molecule has 0 fully saturated rings. The third kappa shape index (κ3) is 4.38. The van der Waals surface area contributed by atoms with Crippen molar-refractivity contribution < 1.29 is 0 Å². The van der Waals surface area contributed by atoms with Crippen molar-refractivity contribution in [1.82, 2.24) is 39.0 Å². The van der Waals surface area contributed by atoms with Crippen molar-refractivity contribution in [3.63, 3.8) is 0 Å². The molecule has 8 aromatic heterocycles. The van der Waals surface area contributed by atoms with E-state index in [0.717, 1.165) is 79.7 Å². The van der Waals surface area contributed by atoms with Gasteiger partial charge in [0.05, 0.1) is 23.8 Å². The first kappa shape index (κ1) is 26.2. The molecule has 8 nitrogen and oxygen atoms in total. The SMILES string of the molecule is c1cnc2c(c1)c1cccnc1n2-c1ccc(Cc2ccc(Cc3ccc(-n4c5ncccc5c5cccnc54)cn3)cc2)nc1. The smallest absolute Gasteiger partial charge is 0.146 e. The number of pyridine rings is 6. The summed E-state index contributed by atoms with van der Waals surface area (Å²) in [4.78, 5) is 28.2. The third-order valence-electron chi connectivity index (χ3n) is 8.50. The average molecular weight is 595 g/mol. The predicted molar refractivity (Wildman–Crippen MR) is 180 cm³/mol. The van der Waals surface area contributed by atoms with Crippen LogP contribution in [0.1, 0.15) is 22.5 Å². The van der Waals surface area contributed by atoms with Crippen molar-refractivity contribution in [3.8, 4) is 11.4 Å². The quantitative estimate of drug-likeness (QED) is 0.199. The van der Waals surface area contributed by atoms with Crippen LogP contribution in [0.2, 0.25) is 0 Å². The summed E-state index contributed by atoms with van der Waals surface area (Å²) in [5.74, 6) is 0. The number of aromatic nitrogens is 8. The van der Waals surface area contributed by atoms with Gasteiger partial charge in [-0.05, 0) is 83.9 Å². The van der Waals surface area contributed by atoms with Gasteiger partial charge in [-0.1, -0.05) is 24.3 Å². The second-order valence-electron chi connectivity index (χ2n) is 11.4. The zero-order valence-corrected chi connectivity index (χ0v) is 24.7. The number of nitrogens with zero attached hydrogens (tertiary/aromatic N) is 8. The standard InChI is InChI=1S/C38H26N8/c1-5-31-32-6-2-18-40-36(32)45(35(31)39-17-1)29-15-13-27(43-23-29)21-25-9-11-26(12-10-25)22-28-14-16-30(24-44-28)46-37-33(7-3-19-41-37)34-8-4-20-42-38(34)46/h1-20,23-24H,21-22H2. The summed E-state index contributed by atoms with van der Waals surface area (Å²) in [6, 6.07) is 33.2. The molecule has 0 saturated carbocycles. The molecule has 0 atom stereocenters. The van der Waals surface area contributed by atoms with Crippen LogP contribution in [-0.2, 0) is 12.8 Å². The van der Waals surface area contributed by atoms with E-state index in [2.05, 4.69) is 102 Å². The molecular formula is C38H26N8. The molecule has 8 heteroatoms. The van der Waals surface area contributed by atoms with Crippen LogP contribution >= 0.6 is 0 Å². The molecule has 0 radical (unpaired) electrons. The molecule has 218 valence electrons. The van der Waals surface area contributed by atoms with Crippen molar-refractivity contribution in [3.05, 3.63) is 157 Å². The highest BCUT2D eigenvalue weighted by molar-refractivity contribution is 6.07. The van der Waals surface area contributed by atoms with Gasteiger partial charge >= 0.3 is 0 Å². The maximum Gasteiger partial charge on any atom is 0.146 e. The zero-order chi connectivity index (χ0) is 30.5. The van der Waals surface area contributed by atoms with Crippen LogP contribution in [0.15, 0.2) is 134 Å². The summed E-state index contributed by atoms with van der Waals surface area (Å²) < 4.78 is 4.15. The molecule has 0 bridgehead atoms. The van der Waals surface area contributed by atoms with Gasteiger partial charge in [-0.15, -0.1) is 0 Å². The van der Waals surface area contributed by atoms with Crippen LogP contribution in [0.3, 0.4) is 0 Å². The molecule has 1 aromatic carbocycles. The molecule has 0 aliphatic heterocycles. The fourth-order valence-corrected chi connectivity index (χ4v) is 6.33. The Morgan fingerprint density at radius 1 is 0.370 bits per heavy atom. The Morgan fingerprint density at radius 2 is 0.717 bits per heavy atom. The minimum atomic E-state index is 0.748. The Kier molecular flexibility index (Phi) is 6.09. The molecule has 0 spiro atoms. The van der Waals surface area contributed by atoms with Crippen LogP contribution in [-0.4, -0.2) is 39.0 Å². The second-order valence-corrected chi connectivity index (χ2v) is 11.4. The van der Waals surface area contributed by atoms with Crippen LogP contribution in [0.5, 0.6) is 0 Å². The molecule has 0 saturated heterocycles. The Morgan fingerprint density at radius 3 is 1.02 bits per heavy atom. The molecule has 0 N–H and O–H groups in total. The average Bonchev–Trinajstić information content (AvgIpc) is 3.63. The normalized spacial score (nSPS) is 11.7. The summed E-state index contributed by atoms with van der Waals surface area (Å²) in [5.41, 5.74) is 9.84. The van der Waals surface area contributed by atoms with Gasteiger partial charge in [0.25, 0.3) is 0 Å². The Bertz CT molecular complexity index is 2230. The lowest BCUT2D eigenvalue weighted by Crippen LogP contribution is -2.00. The summed E-state index contributed by atoms with van der Waals surface area (Å²) >= 11 is 0. The van der Waals surface area contributed by atoms with E-state index in [1.807, 2.05) is 61.4 Å². The van der Waals surface area contributed by atoms with Crippen LogP contribution in [0.25, 0.3) is 55.5 Å². The minimum absolute atomic E-state index is 0.748. The predicted octanol–water partition coefficient (Wildman–Crippen LogP) is 7.43. The van der Waals surface area contributed by atoms with Gasteiger partial charge in [-0.3, -0.25) is 19.1 Å². The van der Waals surface area contributed by atoms with Crippen molar-refractivity contribution in [2.45, 2.75) is 12.8 Å². The van der Waals surface area contributed by atoms with Crippen LogP contribution < -0.4 is 0 Å². The second kappa shape index (κ2) is 10.7. The number of rotatable bonds is 6. The van der Waals surface area contributed by atoms with E-state index in [9.17, 15) is 0 Å². The monoisotopic (exact) mass is 594 g/mol. The van der Waals surface area contributed by atoms with Gasteiger partial charge in [0, 0.05) is 70.6 Å². The molecule has 9 rings (SSSR count). The van der Waals surface area contributed by atoms with Gasteiger partial charge in [0.1, 0.15) is 22.6 Å². The first-order valence-electron chi connectivity index (χ1n) is 15.2. The lowest BCUT2D eigenvalue weighted by Gasteiger charge is -2.09. The highest BCUT2D eigenvalue weighted by Gasteiger charge is 2.15. The summed E-state index contributed by atoms with van der Waals surface area (Å²) in [7, 11) is 0. The molecule has 0 amide bonds. The maximum atomic E-state index is 4.80. The molecule has 9 aromatic rings. The first-order valence-corrected chi connectivity index (χ1v) is 15.2. The topological polar surface area (TPSA) is 87.2 Å². The third-order valence-corrected chi connectivity index (χ3v) is 8.50. The number of fused-ring (bicyclic) bond motifs is 6.